The summed E-state index contributed by atoms with van der Waals surface area (Å²) in [5, 5.41) is 8.36. The number of phenols is 1. The summed E-state index contributed by atoms with van der Waals surface area (Å²) >= 11 is 6.08. The predicted molar refractivity (Wildman–Crippen MR) is 63.9 cm³/mol. The first kappa shape index (κ1) is 13.0. The lowest BCUT2D eigenvalue weighted by atomic mass is 10.1. The topological polar surface area (TPSA) is 74.6 Å². The van der Waals surface area contributed by atoms with E-state index in [0.717, 1.165) is 0 Å². The highest BCUT2D eigenvalue weighted by Gasteiger charge is 2.24. The van der Waals surface area contributed by atoms with Crippen LogP contribution in [-0.4, -0.2) is 23.4 Å². The van der Waals surface area contributed by atoms with Crippen molar-refractivity contribution in [3.8, 4) is 5.75 Å². The van der Waals surface area contributed by atoms with Crippen molar-refractivity contribution >= 4 is 42.0 Å². The quantitative estimate of drug-likeness (QED) is 0.642. The largest absolute Gasteiger partial charge is 0.507 e. The van der Waals surface area contributed by atoms with Crippen molar-refractivity contribution in [3.63, 3.8) is 0 Å². The van der Waals surface area contributed by atoms with Crippen LogP contribution in [0, 0.1) is 0 Å². The molecule has 0 amide bonds. The van der Waals surface area contributed by atoms with Crippen LogP contribution in [0.2, 0.25) is 0 Å². The van der Waals surface area contributed by atoms with Gasteiger partial charge in [0, 0.05) is 5.33 Å². The van der Waals surface area contributed by atoms with Gasteiger partial charge in [0.15, 0.2) is 0 Å². The maximum absolute atomic E-state index is 11.0. The lowest BCUT2D eigenvalue weighted by molar-refractivity contribution is 0.467. The average molecular weight is 360 g/mol. The van der Waals surface area contributed by atoms with Crippen LogP contribution in [0.1, 0.15) is 10.8 Å². The Morgan fingerprint density at radius 3 is 2.40 bits per heavy atom. The molecular weight excluding hydrogens is 352 g/mol. The monoisotopic (exact) mass is 358 g/mol. The third-order valence-electron chi connectivity index (χ3n) is 1.84. The number of alkyl halides is 1. The molecule has 0 heterocycles. The fourth-order valence-electron chi connectivity index (χ4n) is 1.07. The van der Waals surface area contributed by atoms with Gasteiger partial charge in [0.05, 0.1) is 4.47 Å². The Morgan fingerprint density at radius 2 is 2.00 bits per heavy atom. The zero-order valence-corrected chi connectivity index (χ0v) is 11.4. The number of hydrogen-bond donors (Lipinski definition) is 2. The summed E-state index contributed by atoms with van der Waals surface area (Å²) in [6.45, 7) is 0. The van der Waals surface area contributed by atoms with Gasteiger partial charge in [-0.05, 0) is 33.6 Å². The Morgan fingerprint density at radius 1 is 1.40 bits per heavy atom. The summed E-state index contributed by atoms with van der Waals surface area (Å²) in [6.07, 6.45) is 0. The molecule has 1 aromatic rings. The molecule has 4 nitrogen and oxygen atoms in total. The molecule has 0 saturated heterocycles. The standard InChI is InChI=1S/C8H8Br2O4S/c9-4-8(15(12,13)14)5-1-2-6(10)7(11)3-5/h1-3,8,11H,4H2,(H,12,13,14). The van der Waals surface area contributed by atoms with Gasteiger partial charge in [-0.1, -0.05) is 22.0 Å². The van der Waals surface area contributed by atoms with Crippen LogP contribution in [-0.2, 0) is 10.1 Å². The van der Waals surface area contributed by atoms with Gasteiger partial charge in [0.25, 0.3) is 10.1 Å². The fraction of sp³-hybridized carbons (Fsp3) is 0.250. The minimum Gasteiger partial charge on any atom is -0.507 e. The minimum atomic E-state index is -4.17. The van der Waals surface area contributed by atoms with E-state index in [4.69, 9.17) is 4.55 Å². The van der Waals surface area contributed by atoms with Gasteiger partial charge in [-0.25, -0.2) is 0 Å². The van der Waals surface area contributed by atoms with Crippen molar-refractivity contribution in [1.29, 1.82) is 0 Å². The minimum absolute atomic E-state index is 0.0624. The highest BCUT2D eigenvalue weighted by molar-refractivity contribution is 9.10. The molecule has 0 saturated carbocycles. The Labute approximate surface area is 104 Å². The molecule has 1 aromatic carbocycles. The van der Waals surface area contributed by atoms with E-state index in [0.29, 0.717) is 10.0 Å². The van der Waals surface area contributed by atoms with E-state index in [2.05, 4.69) is 31.9 Å². The van der Waals surface area contributed by atoms with Crippen molar-refractivity contribution < 1.29 is 18.1 Å². The second-order valence-corrected chi connectivity index (χ2v) is 5.97. The number of hydrogen-bond acceptors (Lipinski definition) is 3. The molecule has 0 aliphatic heterocycles. The van der Waals surface area contributed by atoms with E-state index in [1.54, 1.807) is 0 Å². The number of aromatic hydroxyl groups is 1. The summed E-state index contributed by atoms with van der Waals surface area (Å²) in [5.74, 6) is -0.0675. The molecule has 84 valence electrons. The first-order valence-corrected chi connectivity index (χ1v) is 7.28. The SMILES string of the molecule is O=S(=O)(O)C(CBr)c1ccc(Br)c(O)c1. The molecule has 0 spiro atoms. The third-order valence-corrected chi connectivity index (χ3v) is 4.75. The maximum Gasteiger partial charge on any atom is 0.272 e. The molecule has 0 bridgehead atoms. The van der Waals surface area contributed by atoms with Crippen molar-refractivity contribution in [3.05, 3.63) is 28.2 Å². The van der Waals surface area contributed by atoms with Crippen LogP contribution in [0.4, 0.5) is 0 Å². The van der Waals surface area contributed by atoms with Gasteiger partial charge >= 0.3 is 0 Å². The summed E-state index contributed by atoms with van der Waals surface area (Å²) in [7, 11) is -4.17. The number of benzene rings is 1. The van der Waals surface area contributed by atoms with E-state index >= 15 is 0 Å². The summed E-state index contributed by atoms with van der Waals surface area (Å²) < 4.78 is 31.4. The summed E-state index contributed by atoms with van der Waals surface area (Å²) in [4.78, 5) is 0. The van der Waals surface area contributed by atoms with Crippen LogP contribution in [0.25, 0.3) is 0 Å². The van der Waals surface area contributed by atoms with E-state index in [-0.39, 0.29) is 11.1 Å². The Hall–Kier alpha value is -0.110. The highest BCUT2D eigenvalue weighted by Crippen LogP contribution is 2.30. The molecule has 0 aliphatic rings. The number of phenolic OH excluding ortho intramolecular Hbond substituents is 1. The first-order chi connectivity index (χ1) is 6.86. The zero-order valence-electron chi connectivity index (χ0n) is 7.39. The molecule has 0 fully saturated rings. The zero-order chi connectivity index (χ0) is 11.6. The molecular formula is C8H8Br2O4S. The molecule has 7 heteroatoms. The predicted octanol–water partition coefficient (Wildman–Crippen LogP) is 2.48. The molecule has 1 atom stereocenters. The van der Waals surface area contributed by atoms with Gasteiger partial charge in [-0.2, -0.15) is 8.42 Å². The molecule has 2 N–H and O–H groups in total. The second-order valence-electron chi connectivity index (χ2n) is 2.87. The molecule has 0 aromatic heterocycles. The van der Waals surface area contributed by atoms with Crippen LogP contribution in [0.15, 0.2) is 22.7 Å². The molecule has 1 unspecified atom stereocenters. The molecule has 0 radical (unpaired) electrons. The van der Waals surface area contributed by atoms with Crippen molar-refractivity contribution in [2.75, 3.05) is 5.33 Å². The molecule has 0 aliphatic carbocycles. The van der Waals surface area contributed by atoms with Crippen molar-refractivity contribution in [2.45, 2.75) is 5.25 Å². The van der Waals surface area contributed by atoms with Gasteiger partial charge in [-0.3, -0.25) is 4.55 Å². The lowest BCUT2D eigenvalue weighted by Crippen LogP contribution is -2.13. The molecule has 15 heavy (non-hydrogen) atoms. The van der Waals surface area contributed by atoms with E-state index in [9.17, 15) is 13.5 Å². The first-order valence-electron chi connectivity index (χ1n) is 3.87. The van der Waals surface area contributed by atoms with E-state index in [1.807, 2.05) is 0 Å². The summed E-state index contributed by atoms with van der Waals surface area (Å²) in [5.41, 5.74) is 0.329. The Balaban J connectivity index is 3.20. The van der Waals surface area contributed by atoms with E-state index in [1.165, 1.54) is 18.2 Å². The number of halogens is 2. The smallest absolute Gasteiger partial charge is 0.272 e. The van der Waals surface area contributed by atoms with Gasteiger partial charge in [-0.15, -0.1) is 0 Å². The fourth-order valence-corrected chi connectivity index (χ4v) is 3.34. The normalized spacial score (nSPS) is 13.8. The maximum atomic E-state index is 11.0. The lowest BCUT2D eigenvalue weighted by Gasteiger charge is -2.11. The van der Waals surface area contributed by atoms with E-state index < -0.39 is 15.4 Å². The summed E-state index contributed by atoms with van der Waals surface area (Å²) in [6, 6.07) is 4.33. The average Bonchev–Trinajstić information content (AvgIpc) is 2.10. The highest BCUT2D eigenvalue weighted by atomic mass is 79.9. The molecule has 1 rings (SSSR count). The van der Waals surface area contributed by atoms with Gasteiger partial charge in [0.1, 0.15) is 11.0 Å². The van der Waals surface area contributed by atoms with Gasteiger partial charge in [0.2, 0.25) is 0 Å². The number of rotatable bonds is 3. The Kier molecular flexibility index (Phi) is 4.16. The Bertz CT molecular complexity index is 458. The van der Waals surface area contributed by atoms with Gasteiger partial charge < -0.3 is 5.11 Å². The van der Waals surface area contributed by atoms with Crippen LogP contribution in [0.5, 0.6) is 5.75 Å². The van der Waals surface area contributed by atoms with Crippen LogP contribution in [0.3, 0.4) is 0 Å². The second kappa shape index (κ2) is 4.82. The van der Waals surface area contributed by atoms with Crippen molar-refractivity contribution in [2.24, 2.45) is 0 Å². The van der Waals surface area contributed by atoms with Crippen LogP contribution < -0.4 is 0 Å². The third kappa shape index (κ3) is 3.17. The van der Waals surface area contributed by atoms with Crippen molar-refractivity contribution in [1.82, 2.24) is 0 Å². The van der Waals surface area contributed by atoms with Crippen LogP contribution >= 0.6 is 31.9 Å².